The minimum Gasteiger partial charge on any atom is -0.370 e. The van der Waals surface area contributed by atoms with Crippen molar-refractivity contribution in [1.29, 1.82) is 0 Å². The number of benzene rings is 1. The number of hydrogen-bond acceptors (Lipinski definition) is 3. The summed E-state index contributed by atoms with van der Waals surface area (Å²) < 4.78 is 0. The van der Waals surface area contributed by atoms with E-state index in [2.05, 4.69) is 29.2 Å². The van der Waals surface area contributed by atoms with Gasteiger partial charge < -0.3 is 4.90 Å². The fourth-order valence-electron chi connectivity index (χ4n) is 4.96. The Kier molecular flexibility index (Phi) is 2.38. The van der Waals surface area contributed by atoms with Gasteiger partial charge >= 0.3 is 0 Å². The third-order valence-electron chi connectivity index (χ3n) is 5.89. The van der Waals surface area contributed by atoms with Crippen LogP contribution in [0.1, 0.15) is 35.8 Å². The van der Waals surface area contributed by atoms with Crippen LogP contribution in [0.5, 0.6) is 0 Å². The van der Waals surface area contributed by atoms with Gasteiger partial charge in [-0.3, -0.25) is 10.1 Å². The van der Waals surface area contributed by atoms with E-state index in [1.54, 1.807) is 0 Å². The van der Waals surface area contributed by atoms with Crippen molar-refractivity contribution in [2.75, 3.05) is 18.0 Å². The van der Waals surface area contributed by atoms with E-state index in [0.717, 1.165) is 25.9 Å². The molecule has 2 aliphatic heterocycles. The largest absolute Gasteiger partial charge is 0.370 e. The Hall–Kier alpha value is -2.10. The molecule has 4 aliphatic rings. The lowest BCUT2D eigenvalue weighted by Crippen LogP contribution is -2.43. The van der Waals surface area contributed by atoms with Gasteiger partial charge in [-0.25, -0.2) is 0 Å². The van der Waals surface area contributed by atoms with Crippen LogP contribution >= 0.6 is 0 Å². The van der Waals surface area contributed by atoms with Gasteiger partial charge in [-0.1, -0.05) is 24.3 Å². The van der Waals surface area contributed by atoms with Gasteiger partial charge in [0.05, 0.1) is 4.92 Å². The van der Waals surface area contributed by atoms with Crippen LogP contribution in [-0.2, 0) is 0 Å². The summed E-state index contributed by atoms with van der Waals surface area (Å²) in [5, 5.41) is 11.4. The number of nitro groups is 1. The maximum Gasteiger partial charge on any atom is 0.270 e. The lowest BCUT2D eigenvalue weighted by Gasteiger charge is -2.45. The molecule has 1 aromatic carbocycles. The molecule has 1 aromatic rings. The topological polar surface area (TPSA) is 46.4 Å². The fourth-order valence-corrected chi connectivity index (χ4v) is 4.96. The molecule has 5 rings (SSSR count). The van der Waals surface area contributed by atoms with E-state index in [4.69, 9.17) is 0 Å². The number of hydrogen-bond donors (Lipinski definition) is 0. The maximum atomic E-state index is 11.4. The van der Waals surface area contributed by atoms with E-state index >= 15 is 0 Å². The van der Waals surface area contributed by atoms with Gasteiger partial charge in [0.2, 0.25) is 0 Å². The third kappa shape index (κ3) is 1.52. The highest BCUT2D eigenvalue weighted by atomic mass is 16.6. The van der Waals surface area contributed by atoms with Crippen LogP contribution in [0.15, 0.2) is 36.4 Å². The second-order valence-corrected chi connectivity index (χ2v) is 7.03. The summed E-state index contributed by atoms with van der Waals surface area (Å²) in [5.41, 5.74) is 3.93. The van der Waals surface area contributed by atoms with Crippen molar-refractivity contribution in [3.05, 3.63) is 57.7 Å². The monoisotopic (exact) mass is 294 g/mol. The molecule has 4 atom stereocenters. The zero-order chi connectivity index (χ0) is 14.8. The number of nitro benzene ring substituents is 1. The fraction of sp³-hybridized carbons (Fsp3) is 0.444. The molecule has 0 N–H and O–H groups in total. The van der Waals surface area contributed by atoms with E-state index in [0.29, 0.717) is 23.7 Å². The third-order valence-corrected chi connectivity index (χ3v) is 5.89. The van der Waals surface area contributed by atoms with Gasteiger partial charge in [0.1, 0.15) is 0 Å². The molecule has 0 radical (unpaired) electrons. The number of non-ortho nitro benzene ring substituents is 1. The van der Waals surface area contributed by atoms with Crippen LogP contribution in [0.2, 0.25) is 0 Å². The highest BCUT2D eigenvalue weighted by Gasteiger charge is 2.43. The van der Waals surface area contributed by atoms with Crippen molar-refractivity contribution < 1.29 is 4.92 Å². The summed E-state index contributed by atoms with van der Waals surface area (Å²) in [5.74, 6) is 1.92. The molecule has 2 heterocycles. The van der Waals surface area contributed by atoms with Crippen LogP contribution in [0.25, 0.3) is 0 Å². The minimum atomic E-state index is -0.230. The summed E-state index contributed by atoms with van der Waals surface area (Å²) in [4.78, 5) is 13.7. The van der Waals surface area contributed by atoms with Crippen molar-refractivity contribution in [2.45, 2.75) is 24.7 Å². The molecule has 0 amide bonds. The van der Waals surface area contributed by atoms with Crippen molar-refractivity contribution in [3.63, 3.8) is 0 Å². The molecule has 4 heteroatoms. The van der Waals surface area contributed by atoms with Gasteiger partial charge in [-0.15, -0.1) is 0 Å². The highest BCUT2D eigenvalue weighted by Crippen LogP contribution is 2.53. The molecule has 0 bridgehead atoms. The Morgan fingerprint density at radius 3 is 2.05 bits per heavy atom. The van der Waals surface area contributed by atoms with Gasteiger partial charge in [0.25, 0.3) is 5.69 Å². The molecular weight excluding hydrogens is 276 g/mol. The summed E-state index contributed by atoms with van der Waals surface area (Å²) in [6, 6.07) is 3.66. The predicted octanol–water partition coefficient (Wildman–Crippen LogP) is 3.75. The normalized spacial score (nSPS) is 33.5. The lowest BCUT2D eigenvalue weighted by molar-refractivity contribution is -0.385. The molecule has 0 spiro atoms. The van der Waals surface area contributed by atoms with Gasteiger partial charge in [0, 0.05) is 42.7 Å². The first kappa shape index (κ1) is 12.4. The van der Waals surface area contributed by atoms with Crippen LogP contribution < -0.4 is 4.90 Å². The molecule has 112 valence electrons. The summed E-state index contributed by atoms with van der Waals surface area (Å²) in [6.45, 7) is 2.19. The van der Waals surface area contributed by atoms with Crippen molar-refractivity contribution >= 4 is 11.4 Å². The average Bonchev–Trinajstić information content (AvgIpc) is 3.15. The van der Waals surface area contributed by atoms with E-state index in [9.17, 15) is 10.1 Å². The molecule has 0 aromatic heterocycles. The van der Waals surface area contributed by atoms with Crippen LogP contribution in [0.4, 0.5) is 11.4 Å². The van der Waals surface area contributed by atoms with Crippen molar-refractivity contribution in [2.24, 2.45) is 11.8 Å². The highest BCUT2D eigenvalue weighted by molar-refractivity contribution is 5.71. The van der Waals surface area contributed by atoms with Crippen LogP contribution in [-0.4, -0.2) is 18.0 Å². The van der Waals surface area contributed by atoms with Gasteiger partial charge in [-0.05, 0) is 35.8 Å². The number of anilines is 1. The molecule has 0 saturated carbocycles. The molecule has 2 aliphatic carbocycles. The first-order valence-electron chi connectivity index (χ1n) is 8.13. The molecular formula is C18H18N2O2. The van der Waals surface area contributed by atoms with E-state index in [1.807, 2.05) is 12.1 Å². The Labute approximate surface area is 129 Å². The minimum absolute atomic E-state index is 0.230. The van der Waals surface area contributed by atoms with Gasteiger partial charge in [-0.2, -0.15) is 0 Å². The van der Waals surface area contributed by atoms with Gasteiger partial charge in [0.15, 0.2) is 0 Å². The first-order valence-corrected chi connectivity index (χ1v) is 8.13. The van der Waals surface area contributed by atoms with Crippen LogP contribution in [0.3, 0.4) is 0 Å². The van der Waals surface area contributed by atoms with E-state index in [-0.39, 0.29) is 10.6 Å². The molecule has 0 unspecified atom stereocenters. The van der Waals surface area contributed by atoms with Crippen molar-refractivity contribution in [3.8, 4) is 0 Å². The Balaban J connectivity index is 1.77. The zero-order valence-corrected chi connectivity index (χ0v) is 12.3. The Morgan fingerprint density at radius 1 is 1.00 bits per heavy atom. The number of fused-ring (bicyclic) bond motifs is 4. The predicted molar refractivity (Wildman–Crippen MR) is 85.3 cm³/mol. The second kappa shape index (κ2) is 4.22. The lowest BCUT2D eigenvalue weighted by atomic mass is 9.75. The van der Waals surface area contributed by atoms with E-state index in [1.165, 1.54) is 16.8 Å². The standard InChI is InChI=1S/C18H18N2O2/c21-20(22)13-7-16-14-5-1-3-11(14)9-19-10-12-4-2-6-15(12)17(8-13)18(16)19/h1-2,5-8,11-12,14-15H,3-4,9-10H2/t11-,12+,14-,15-/m1/s1. The molecule has 22 heavy (non-hydrogen) atoms. The Bertz CT molecular complexity index is 686. The second-order valence-electron chi connectivity index (χ2n) is 7.03. The SMILES string of the molecule is O=[N+]([O-])c1cc2c3c(c1)[C@@H]1C=CC[C@H]1CN3C[C@H]1CC=C[C@@H]21. The molecule has 0 fully saturated rings. The Morgan fingerprint density at radius 2 is 1.55 bits per heavy atom. The maximum absolute atomic E-state index is 11.4. The number of nitrogens with zero attached hydrogens (tertiary/aromatic N) is 2. The van der Waals surface area contributed by atoms with Crippen LogP contribution in [0, 0.1) is 22.0 Å². The number of allylic oxidation sites excluding steroid dienone is 4. The summed E-state index contributed by atoms with van der Waals surface area (Å²) >= 11 is 0. The van der Waals surface area contributed by atoms with Crippen molar-refractivity contribution in [1.82, 2.24) is 0 Å². The smallest absolute Gasteiger partial charge is 0.270 e. The quantitative estimate of drug-likeness (QED) is 0.450. The van der Waals surface area contributed by atoms with E-state index < -0.39 is 0 Å². The molecule has 0 saturated heterocycles. The average molecular weight is 294 g/mol. The number of rotatable bonds is 1. The summed E-state index contributed by atoms with van der Waals surface area (Å²) in [6.07, 6.45) is 11.2. The first-order chi connectivity index (χ1) is 10.7. The molecule has 4 nitrogen and oxygen atoms in total. The summed E-state index contributed by atoms with van der Waals surface area (Å²) in [7, 11) is 0. The zero-order valence-electron chi connectivity index (χ0n) is 12.3.